The smallest absolute Gasteiger partial charge is 0.143 e. The second kappa shape index (κ2) is 6.46. The number of aryl methyl sites for hydroxylation is 1. The number of ether oxygens (including phenoxy) is 1. The first kappa shape index (κ1) is 13.7. The first-order valence-corrected chi connectivity index (χ1v) is 7.58. The van der Waals surface area contributed by atoms with Gasteiger partial charge in [-0.2, -0.15) is 0 Å². The van der Waals surface area contributed by atoms with E-state index >= 15 is 0 Å². The summed E-state index contributed by atoms with van der Waals surface area (Å²) in [6.45, 7) is 3.19. The monoisotopic (exact) mass is 311 g/mol. The Balaban J connectivity index is 2.03. The standard InChI is InChI=1S/C15H22BrNO/c1-11-8-13(16)9-14(18-2)15(11)17-10-12-6-4-3-5-7-12/h8-9,12,17H,3-7,10H2,1-2H3. The Morgan fingerprint density at radius 1 is 1.28 bits per heavy atom. The molecule has 1 N–H and O–H groups in total. The predicted octanol–water partition coefficient (Wildman–Crippen LogP) is 4.76. The average molecular weight is 312 g/mol. The van der Waals surface area contributed by atoms with Crippen LogP contribution in [0.15, 0.2) is 16.6 Å². The van der Waals surface area contributed by atoms with Gasteiger partial charge in [0.05, 0.1) is 12.8 Å². The number of benzene rings is 1. The summed E-state index contributed by atoms with van der Waals surface area (Å²) >= 11 is 3.51. The average Bonchev–Trinajstić information content (AvgIpc) is 2.38. The molecular weight excluding hydrogens is 290 g/mol. The molecule has 2 nitrogen and oxygen atoms in total. The van der Waals surface area contributed by atoms with E-state index in [0.29, 0.717) is 0 Å². The summed E-state index contributed by atoms with van der Waals surface area (Å²) in [5, 5.41) is 3.58. The number of rotatable bonds is 4. The van der Waals surface area contributed by atoms with Gasteiger partial charge >= 0.3 is 0 Å². The van der Waals surface area contributed by atoms with E-state index in [0.717, 1.165) is 28.4 Å². The van der Waals surface area contributed by atoms with Crippen LogP contribution in [-0.4, -0.2) is 13.7 Å². The molecule has 100 valence electrons. The second-order valence-corrected chi connectivity index (χ2v) is 6.10. The highest BCUT2D eigenvalue weighted by Crippen LogP contribution is 2.33. The molecule has 0 unspecified atom stereocenters. The minimum Gasteiger partial charge on any atom is -0.495 e. The first-order chi connectivity index (χ1) is 8.70. The largest absolute Gasteiger partial charge is 0.495 e. The van der Waals surface area contributed by atoms with Crippen molar-refractivity contribution in [3.8, 4) is 5.75 Å². The highest BCUT2D eigenvalue weighted by Gasteiger charge is 2.15. The third-order valence-corrected chi connectivity index (χ3v) is 4.23. The molecule has 0 spiro atoms. The number of methoxy groups -OCH3 is 1. The van der Waals surface area contributed by atoms with Gasteiger partial charge in [-0.3, -0.25) is 0 Å². The summed E-state index contributed by atoms with van der Waals surface area (Å²) in [6, 6.07) is 4.15. The number of hydrogen-bond donors (Lipinski definition) is 1. The maximum absolute atomic E-state index is 5.45. The molecule has 0 radical (unpaired) electrons. The molecule has 1 saturated carbocycles. The predicted molar refractivity (Wildman–Crippen MR) is 80.5 cm³/mol. The van der Waals surface area contributed by atoms with Gasteiger partial charge in [-0.15, -0.1) is 0 Å². The van der Waals surface area contributed by atoms with Gasteiger partial charge < -0.3 is 10.1 Å². The van der Waals surface area contributed by atoms with Gasteiger partial charge in [0.25, 0.3) is 0 Å². The van der Waals surface area contributed by atoms with Crippen LogP contribution in [0.5, 0.6) is 5.75 Å². The lowest BCUT2D eigenvalue weighted by atomic mass is 9.89. The third-order valence-electron chi connectivity index (χ3n) is 3.78. The Morgan fingerprint density at radius 3 is 2.67 bits per heavy atom. The zero-order chi connectivity index (χ0) is 13.0. The Labute approximate surface area is 118 Å². The van der Waals surface area contributed by atoms with Crippen LogP contribution in [0, 0.1) is 12.8 Å². The molecule has 1 aromatic rings. The van der Waals surface area contributed by atoms with Gasteiger partial charge in [0.2, 0.25) is 0 Å². The van der Waals surface area contributed by atoms with Crippen molar-refractivity contribution >= 4 is 21.6 Å². The van der Waals surface area contributed by atoms with Crippen molar-refractivity contribution in [3.63, 3.8) is 0 Å². The van der Waals surface area contributed by atoms with E-state index in [9.17, 15) is 0 Å². The molecule has 0 bridgehead atoms. The van der Waals surface area contributed by atoms with E-state index in [1.807, 2.05) is 6.07 Å². The van der Waals surface area contributed by atoms with Crippen LogP contribution in [0.2, 0.25) is 0 Å². The minimum atomic E-state index is 0.825. The van der Waals surface area contributed by atoms with Gasteiger partial charge in [0, 0.05) is 11.0 Å². The zero-order valence-electron chi connectivity index (χ0n) is 11.3. The molecule has 2 rings (SSSR count). The van der Waals surface area contributed by atoms with Crippen LogP contribution in [0.4, 0.5) is 5.69 Å². The Kier molecular flexibility index (Phi) is 4.93. The summed E-state index contributed by atoms with van der Waals surface area (Å²) in [7, 11) is 1.73. The van der Waals surface area contributed by atoms with Gasteiger partial charge in [0.1, 0.15) is 5.75 Å². The Morgan fingerprint density at radius 2 is 2.00 bits per heavy atom. The van der Waals surface area contributed by atoms with Crippen molar-refractivity contribution in [2.75, 3.05) is 19.0 Å². The van der Waals surface area contributed by atoms with Crippen LogP contribution in [-0.2, 0) is 0 Å². The molecule has 0 atom stereocenters. The molecule has 1 fully saturated rings. The lowest BCUT2D eigenvalue weighted by molar-refractivity contribution is 0.372. The maximum Gasteiger partial charge on any atom is 0.143 e. The topological polar surface area (TPSA) is 21.3 Å². The van der Waals surface area contributed by atoms with Crippen LogP contribution < -0.4 is 10.1 Å². The maximum atomic E-state index is 5.45. The van der Waals surface area contributed by atoms with Gasteiger partial charge in [-0.05, 0) is 43.4 Å². The SMILES string of the molecule is COc1cc(Br)cc(C)c1NCC1CCCCC1. The molecule has 18 heavy (non-hydrogen) atoms. The van der Waals surface area contributed by atoms with Crippen molar-refractivity contribution in [1.82, 2.24) is 0 Å². The molecule has 0 aromatic heterocycles. The highest BCUT2D eigenvalue weighted by molar-refractivity contribution is 9.10. The Hall–Kier alpha value is -0.700. The first-order valence-electron chi connectivity index (χ1n) is 6.78. The number of halogens is 1. The van der Waals surface area contributed by atoms with Crippen molar-refractivity contribution in [3.05, 3.63) is 22.2 Å². The van der Waals surface area contributed by atoms with E-state index in [-0.39, 0.29) is 0 Å². The van der Waals surface area contributed by atoms with Crippen molar-refractivity contribution in [2.24, 2.45) is 5.92 Å². The molecule has 1 aromatic carbocycles. The molecule has 1 aliphatic carbocycles. The third kappa shape index (κ3) is 3.41. The molecule has 0 aliphatic heterocycles. The van der Waals surface area contributed by atoms with Crippen LogP contribution in [0.3, 0.4) is 0 Å². The summed E-state index contributed by atoms with van der Waals surface area (Å²) < 4.78 is 6.52. The quantitative estimate of drug-likeness (QED) is 0.865. The number of hydrogen-bond acceptors (Lipinski definition) is 2. The fraction of sp³-hybridized carbons (Fsp3) is 0.600. The molecule has 0 saturated heterocycles. The summed E-state index contributed by atoms with van der Waals surface area (Å²) in [6.07, 6.45) is 6.93. The summed E-state index contributed by atoms with van der Waals surface area (Å²) in [5.41, 5.74) is 2.38. The molecule has 1 aliphatic rings. The second-order valence-electron chi connectivity index (χ2n) is 5.18. The zero-order valence-corrected chi connectivity index (χ0v) is 12.8. The van der Waals surface area contributed by atoms with E-state index in [2.05, 4.69) is 34.2 Å². The van der Waals surface area contributed by atoms with Crippen molar-refractivity contribution in [2.45, 2.75) is 39.0 Å². The van der Waals surface area contributed by atoms with Gasteiger partial charge in [0.15, 0.2) is 0 Å². The lowest BCUT2D eigenvalue weighted by Gasteiger charge is -2.23. The molecule has 0 amide bonds. The van der Waals surface area contributed by atoms with E-state index in [4.69, 9.17) is 4.74 Å². The van der Waals surface area contributed by atoms with Crippen molar-refractivity contribution in [1.29, 1.82) is 0 Å². The summed E-state index contributed by atoms with van der Waals surface area (Å²) in [5.74, 6) is 1.75. The normalized spacial score (nSPS) is 16.6. The van der Waals surface area contributed by atoms with E-state index in [1.54, 1.807) is 7.11 Å². The van der Waals surface area contributed by atoms with Crippen LogP contribution in [0.25, 0.3) is 0 Å². The molecular formula is C15H22BrNO. The minimum absolute atomic E-state index is 0.825. The van der Waals surface area contributed by atoms with Gasteiger partial charge in [-0.1, -0.05) is 35.2 Å². The van der Waals surface area contributed by atoms with Gasteiger partial charge in [-0.25, -0.2) is 0 Å². The Bertz CT molecular complexity index is 400. The van der Waals surface area contributed by atoms with E-state index < -0.39 is 0 Å². The number of anilines is 1. The molecule has 3 heteroatoms. The van der Waals surface area contributed by atoms with Crippen LogP contribution >= 0.6 is 15.9 Å². The van der Waals surface area contributed by atoms with Crippen LogP contribution in [0.1, 0.15) is 37.7 Å². The number of nitrogens with one attached hydrogen (secondary N) is 1. The van der Waals surface area contributed by atoms with E-state index in [1.165, 1.54) is 37.7 Å². The highest BCUT2D eigenvalue weighted by atomic mass is 79.9. The summed E-state index contributed by atoms with van der Waals surface area (Å²) in [4.78, 5) is 0. The fourth-order valence-corrected chi connectivity index (χ4v) is 3.29. The fourth-order valence-electron chi connectivity index (χ4n) is 2.74. The van der Waals surface area contributed by atoms with Crippen molar-refractivity contribution < 1.29 is 4.74 Å². The lowest BCUT2D eigenvalue weighted by Crippen LogP contribution is -2.17. The molecule has 0 heterocycles.